The van der Waals surface area contributed by atoms with Crippen LogP contribution in [0.25, 0.3) is 0 Å². The first-order valence-corrected chi connectivity index (χ1v) is 6.27. The lowest BCUT2D eigenvalue weighted by Crippen LogP contribution is -2.30. The van der Waals surface area contributed by atoms with E-state index in [1.807, 2.05) is 12.1 Å². The zero-order chi connectivity index (χ0) is 13.6. The Morgan fingerprint density at radius 2 is 2.05 bits per heavy atom. The van der Waals surface area contributed by atoms with Crippen molar-refractivity contribution in [3.63, 3.8) is 0 Å². The van der Waals surface area contributed by atoms with Gasteiger partial charge >= 0.3 is 0 Å². The average molecular weight is 278 g/mol. The summed E-state index contributed by atoms with van der Waals surface area (Å²) in [6, 6.07) is 7.26. The maximum absolute atomic E-state index is 11.7. The van der Waals surface area contributed by atoms with Crippen LogP contribution in [0.1, 0.15) is 28.5 Å². The number of hydrogen-bond acceptors (Lipinski definition) is 3. The minimum absolute atomic E-state index is 0.0176. The number of aromatic nitrogens is 1. The molecular formula is C14H12ClNO3. The topological polar surface area (TPSA) is 56.4 Å². The summed E-state index contributed by atoms with van der Waals surface area (Å²) in [6.07, 6.45) is 1.13. The molecule has 1 atom stereocenters. The first-order chi connectivity index (χ1) is 9.08. The first-order valence-electron chi connectivity index (χ1n) is 5.89. The summed E-state index contributed by atoms with van der Waals surface area (Å²) < 4.78 is 6.36. The summed E-state index contributed by atoms with van der Waals surface area (Å²) in [5.41, 5.74) is 2.59. The molecule has 1 unspecified atom stereocenters. The molecule has 0 radical (unpaired) electrons. The Balaban J connectivity index is 2.09. The van der Waals surface area contributed by atoms with E-state index < -0.39 is 0 Å². The summed E-state index contributed by atoms with van der Waals surface area (Å²) in [5, 5.41) is 22.3. The lowest BCUT2D eigenvalue weighted by molar-refractivity contribution is -0.613. The highest BCUT2D eigenvalue weighted by molar-refractivity contribution is 6.30. The lowest BCUT2D eigenvalue weighted by atomic mass is 10.0. The molecule has 2 aromatic rings. The highest BCUT2D eigenvalue weighted by atomic mass is 35.5. The largest absolute Gasteiger partial charge is 0.618 e. The normalized spacial score (nSPS) is 17.5. The van der Waals surface area contributed by atoms with E-state index >= 15 is 0 Å². The third kappa shape index (κ3) is 1.93. The number of fused-ring (bicyclic) bond motifs is 1. The second-order valence-electron chi connectivity index (χ2n) is 4.57. The standard InChI is InChI=1S/C14H12ClNO3/c1-8-13(17)12-7-19-14(11(12)6-16(8)18)9-2-4-10(15)5-3-9/h2-6,14,17H,7H2,1H3. The summed E-state index contributed by atoms with van der Waals surface area (Å²) in [4.78, 5) is 0. The number of aromatic hydroxyl groups is 1. The molecule has 3 rings (SSSR count). The number of benzene rings is 1. The van der Waals surface area contributed by atoms with Crippen LogP contribution in [-0.2, 0) is 11.3 Å². The Morgan fingerprint density at radius 3 is 2.74 bits per heavy atom. The number of nitrogens with zero attached hydrogens (tertiary/aromatic N) is 1. The molecule has 4 nitrogen and oxygen atoms in total. The maximum Gasteiger partial charge on any atom is 0.231 e. The molecule has 98 valence electrons. The van der Waals surface area contributed by atoms with Gasteiger partial charge in [0.2, 0.25) is 5.69 Å². The fraction of sp³-hybridized carbons (Fsp3) is 0.214. The predicted molar refractivity (Wildman–Crippen MR) is 69.9 cm³/mol. The average Bonchev–Trinajstić information content (AvgIpc) is 2.81. The zero-order valence-electron chi connectivity index (χ0n) is 10.3. The van der Waals surface area contributed by atoms with Crippen LogP contribution in [0.3, 0.4) is 0 Å². The van der Waals surface area contributed by atoms with Crippen molar-refractivity contribution in [2.24, 2.45) is 0 Å². The molecule has 0 bridgehead atoms. The van der Waals surface area contributed by atoms with E-state index in [1.165, 1.54) is 6.20 Å². The number of pyridine rings is 1. The molecule has 19 heavy (non-hydrogen) atoms. The van der Waals surface area contributed by atoms with Crippen molar-refractivity contribution in [3.05, 3.63) is 63.1 Å². The van der Waals surface area contributed by atoms with Gasteiger partial charge in [0.25, 0.3) is 0 Å². The van der Waals surface area contributed by atoms with E-state index in [9.17, 15) is 10.3 Å². The van der Waals surface area contributed by atoms with E-state index in [0.29, 0.717) is 33.2 Å². The summed E-state index contributed by atoms with van der Waals surface area (Å²) in [5.74, 6) is 0.0176. The molecule has 2 heterocycles. The van der Waals surface area contributed by atoms with Gasteiger partial charge in [0.1, 0.15) is 6.10 Å². The van der Waals surface area contributed by atoms with Crippen molar-refractivity contribution < 1.29 is 14.6 Å². The Bertz CT molecular complexity index is 640. The Kier molecular flexibility index (Phi) is 2.84. The van der Waals surface area contributed by atoms with E-state index in [1.54, 1.807) is 19.1 Å². The summed E-state index contributed by atoms with van der Waals surface area (Å²) in [7, 11) is 0. The van der Waals surface area contributed by atoms with Crippen molar-refractivity contribution in [1.82, 2.24) is 0 Å². The van der Waals surface area contributed by atoms with Crippen LogP contribution in [0.15, 0.2) is 30.5 Å². The Hall–Kier alpha value is -1.78. The van der Waals surface area contributed by atoms with Gasteiger partial charge in [-0.3, -0.25) is 0 Å². The van der Waals surface area contributed by atoms with Gasteiger partial charge < -0.3 is 15.1 Å². The van der Waals surface area contributed by atoms with Crippen LogP contribution in [0.2, 0.25) is 5.02 Å². The molecule has 1 aliphatic rings. The monoisotopic (exact) mass is 277 g/mol. The van der Waals surface area contributed by atoms with E-state index in [2.05, 4.69) is 0 Å². The molecule has 0 saturated heterocycles. The van der Waals surface area contributed by atoms with Crippen molar-refractivity contribution in [3.8, 4) is 5.75 Å². The summed E-state index contributed by atoms with van der Waals surface area (Å²) >= 11 is 5.85. The van der Waals surface area contributed by atoms with Gasteiger partial charge in [-0.1, -0.05) is 23.7 Å². The fourth-order valence-corrected chi connectivity index (χ4v) is 2.43. The fourth-order valence-electron chi connectivity index (χ4n) is 2.31. The maximum atomic E-state index is 11.7. The third-order valence-electron chi connectivity index (χ3n) is 3.41. The SMILES string of the molecule is Cc1c(O)c2c(c[n+]1[O-])C(c1ccc(Cl)cc1)OC2. The molecule has 1 aliphatic heterocycles. The van der Waals surface area contributed by atoms with Crippen LogP contribution in [0, 0.1) is 12.1 Å². The predicted octanol–water partition coefficient (Wildman–Crippen LogP) is 2.61. The summed E-state index contributed by atoms with van der Waals surface area (Å²) in [6.45, 7) is 1.88. The highest BCUT2D eigenvalue weighted by Crippen LogP contribution is 2.39. The molecular weight excluding hydrogens is 266 g/mol. The molecule has 1 aromatic heterocycles. The third-order valence-corrected chi connectivity index (χ3v) is 3.67. The number of halogens is 1. The van der Waals surface area contributed by atoms with E-state index in [4.69, 9.17) is 16.3 Å². The van der Waals surface area contributed by atoms with Gasteiger partial charge in [0, 0.05) is 17.5 Å². The minimum Gasteiger partial charge on any atom is -0.618 e. The number of rotatable bonds is 1. The van der Waals surface area contributed by atoms with Crippen molar-refractivity contribution >= 4 is 11.6 Å². The molecule has 1 aromatic carbocycles. The lowest BCUT2D eigenvalue weighted by Gasteiger charge is -2.12. The van der Waals surface area contributed by atoms with Crippen LogP contribution in [0.5, 0.6) is 5.75 Å². The highest BCUT2D eigenvalue weighted by Gasteiger charge is 2.32. The smallest absolute Gasteiger partial charge is 0.231 e. The van der Waals surface area contributed by atoms with Crippen molar-refractivity contribution in [1.29, 1.82) is 0 Å². The molecule has 1 N–H and O–H groups in total. The van der Waals surface area contributed by atoms with E-state index in [-0.39, 0.29) is 11.9 Å². The van der Waals surface area contributed by atoms with Gasteiger partial charge in [-0.15, -0.1) is 0 Å². The van der Waals surface area contributed by atoms with Gasteiger partial charge in [-0.25, -0.2) is 0 Å². The molecule has 0 amide bonds. The molecule has 0 fully saturated rings. The van der Waals surface area contributed by atoms with Gasteiger partial charge in [0.15, 0.2) is 11.9 Å². The van der Waals surface area contributed by atoms with Gasteiger partial charge in [-0.05, 0) is 17.7 Å². The van der Waals surface area contributed by atoms with Crippen LogP contribution in [-0.4, -0.2) is 5.11 Å². The number of hydrogen-bond donors (Lipinski definition) is 1. The van der Waals surface area contributed by atoms with Crippen molar-refractivity contribution in [2.75, 3.05) is 0 Å². The first kappa shape index (κ1) is 12.3. The molecule has 0 spiro atoms. The quantitative estimate of drug-likeness (QED) is 0.644. The molecule has 0 saturated carbocycles. The molecule has 0 aliphatic carbocycles. The van der Waals surface area contributed by atoms with E-state index in [0.717, 1.165) is 5.56 Å². The number of ether oxygens (including phenoxy) is 1. The van der Waals surface area contributed by atoms with Crippen molar-refractivity contribution in [2.45, 2.75) is 19.6 Å². The second kappa shape index (κ2) is 4.40. The Morgan fingerprint density at radius 1 is 1.37 bits per heavy atom. The molecule has 5 heteroatoms. The Labute approximate surface area is 115 Å². The zero-order valence-corrected chi connectivity index (χ0v) is 11.0. The van der Waals surface area contributed by atoms with Crippen LogP contribution in [0.4, 0.5) is 0 Å². The van der Waals surface area contributed by atoms with Crippen LogP contribution < -0.4 is 4.73 Å². The van der Waals surface area contributed by atoms with Gasteiger partial charge in [0.05, 0.1) is 12.2 Å². The second-order valence-corrected chi connectivity index (χ2v) is 5.00. The van der Waals surface area contributed by atoms with Crippen LogP contribution >= 0.6 is 11.6 Å². The van der Waals surface area contributed by atoms with Gasteiger partial charge in [-0.2, -0.15) is 4.73 Å². The minimum atomic E-state index is -0.334.